The predicted octanol–water partition coefficient (Wildman–Crippen LogP) is 5.38. The molecule has 2 aromatic carbocycles. The van der Waals surface area contributed by atoms with Gasteiger partial charge in [-0.15, -0.1) is 0 Å². The number of rotatable bonds is 4. The number of halogens is 2. The Bertz CT molecular complexity index is 608. The van der Waals surface area contributed by atoms with Gasteiger partial charge in [-0.3, -0.25) is 0 Å². The third kappa shape index (κ3) is 3.33. The van der Waals surface area contributed by atoms with Crippen molar-refractivity contribution >= 4 is 31.9 Å². The highest BCUT2D eigenvalue weighted by Crippen LogP contribution is 2.31. The molecule has 1 unspecified atom stereocenters. The van der Waals surface area contributed by atoms with Crippen LogP contribution in [0, 0.1) is 0 Å². The maximum Gasteiger partial charge on any atom is 0.0565 e. The summed E-state index contributed by atoms with van der Waals surface area (Å²) in [5, 5.41) is 0. The fraction of sp³-hybridized carbons (Fsp3) is 0.294. The minimum absolute atomic E-state index is 0.0982. The molecule has 1 nitrogen and oxygen atoms in total. The molecule has 0 aliphatic heterocycles. The van der Waals surface area contributed by atoms with Gasteiger partial charge < -0.3 is 5.73 Å². The molecule has 3 heteroatoms. The van der Waals surface area contributed by atoms with Crippen molar-refractivity contribution in [2.24, 2.45) is 5.73 Å². The Kier molecular flexibility index (Phi) is 5.42. The van der Waals surface area contributed by atoms with E-state index < -0.39 is 0 Å². The summed E-state index contributed by atoms with van der Waals surface area (Å²) in [7, 11) is 0. The van der Waals surface area contributed by atoms with Crippen LogP contribution in [0.4, 0.5) is 0 Å². The van der Waals surface area contributed by atoms with E-state index in [9.17, 15) is 0 Å². The van der Waals surface area contributed by atoms with Gasteiger partial charge in [-0.1, -0.05) is 70.0 Å². The summed E-state index contributed by atoms with van der Waals surface area (Å²) in [5.41, 5.74) is 11.5. The van der Waals surface area contributed by atoms with Gasteiger partial charge in [-0.05, 0) is 47.2 Å². The number of nitrogens with two attached hydrogens (primary N) is 1. The van der Waals surface area contributed by atoms with Crippen molar-refractivity contribution in [3.05, 3.63) is 67.6 Å². The van der Waals surface area contributed by atoms with Crippen LogP contribution in [0.5, 0.6) is 0 Å². The van der Waals surface area contributed by atoms with Gasteiger partial charge >= 0.3 is 0 Å². The van der Waals surface area contributed by atoms with E-state index in [1.165, 1.54) is 16.7 Å². The smallest absolute Gasteiger partial charge is 0.0565 e. The third-order valence-electron chi connectivity index (χ3n) is 3.63. The monoisotopic (exact) mass is 395 g/mol. The molecule has 0 aliphatic carbocycles. The first-order valence-corrected chi connectivity index (χ1v) is 8.47. The maximum atomic E-state index is 6.52. The minimum atomic E-state index is -0.0982. The fourth-order valence-electron chi connectivity index (χ4n) is 2.40. The SMILES string of the molecule is CCc1ccc(CC)c(C(N)c2ccc(Br)cc2Br)c1. The van der Waals surface area contributed by atoms with Crippen LogP contribution < -0.4 is 5.73 Å². The summed E-state index contributed by atoms with van der Waals surface area (Å²) in [4.78, 5) is 0. The summed E-state index contributed by atoms with van der Waals surface area (Å²) < 4.78 is 2.10. The average Bonchev–Trinajstić information content (AvgIpc) is 2.46. The topological polar surface area (TPSA) is 26.0 Å². The highest BCUT2D eigenvalue weighted by atomic mass is 79.9. The first-order valence-electron chi connectivity index (χ1n) is 6.89. The molecular formula is C17H19Br2N. The summed E-state index contributed by atoms with van der Waals surface area (Å²) >= 11 is 7.10. The van der Waals surface area contributed by atoms with Crippen molar-refractivity contribution in [1.29, 1.82) is 0 Å². The molecule has 0 amide bonds. The van der Waals surface area contributed by atoms with Gasteiger partial charge in [0.1, 0.15) is 0 Å². The minimum Gasteiger partial charge on any atom is -0.320 e. The molecule has 2 rings (SSSR count). The molecule has 0 fully saturated rings. The molecule has 0 saturated carbocycles. The number of benzene rings is 2. The zero-order valence-corrected chi connectivity index (χ0v) is 15.0. The van der Waals surface area contributed by atoms with Crippen LogP contribution in [-0.4, -0.2) is 0 Å². The first kappa shape index (κ1) is 15.7. The molecule has 2 N–H and O–H groups in total. The van der Waals surface area contributed by atoms with Crippen LogP contribution in [0.15, 0.2) is 45.3 Å². The molecule has 0 spiro atoms. The molecule has 106 valence electrons. The largest absolute Gasteiger partial charge is 0.320 e. The second kappa shape index (κ2) is 6.88. The van der Waals surface area contributed by atoms with Crippen LogP contribution in [0.2, 0.25) is 0 Å². The second-order valence-corrected chi connectivity index (χ2v) is 6.65. The Labute approximate surface area is 137 Å². The van der Waals surface area contributed by atoms with Crippen molar-refractivity contribution in [3.8, 4) is 0 Å². The predicted molar refractivity (Wildman–Crippen MR) is 93.1 cm³/mol. The average molecular weight is 397 g/mol. The lowest BCUT2D eigenvalue weighted by Gasteiger charge is -2.19. The summed E-state index contributed by atoms with van der Waals surface area (Å²) in [6, 6.07) is 12.7. The molecule has 20 heavy (non-hydrogen) atoms. The lowest BCUT2D eigenvalue weighted by molar-refractivity contribution is 0.840. The molecule has 0 bridgehead atoms. The Hall–Kier alpha value is -0.640. The molecule has 2 aromatic rings. The fourth-order valence-corrected chi connectivity index (χ4v) is 3.69. The van der Waals surface area contributed by atoms with E-state index in [1.807, 2.05) is 12.1 Å². The van der Waals surface area contributed by atoms with Crippen molar-refractivity contribution in [2.45, 2.75) is 32.7 Å². The number of aryl methyl sites for hydroxylation is 2. The zero-order chi connectivity index (χ0) is 14.7. The van der Waals surface area contributed by atoms with Crippen molar-refractivity contribution in [1.82, 2.24) is 0 Å². The molecule has 0 aliphatic rings. The van der Waals surface area contributed by atoms with Crippen LogP contribution in [-0.2, 0) is 12.8 Å². The lowest BCUT2D eigenvalue weighted by atomic mass is 9.92. The normalized spacial score (nSPS) is 12.4. The van der Waals surface area contributed by atoms with Crippen molar-refractivity contribution in [3.63, 3.8) is 0 Å². The van der Waals surface area contributed by atoms with Gasteiger partial charge in [0.15, 0.2) is 0 Å². The van der Waals surface area contributed by atoms with Crippen LogP contribution in [0.25, 0.3) is 0 Å². The van der Waals surface area contributed by atoms with E-state index in [4.69, 9.17) is 5.73 Å². The molecule has 0 heterocycles. The van der Waals surface area contributed by atoms with E-state index in [0.29, 0.717) is 0 Å². The molecule has 0 saturated heterocycles. The third-order valence-corrected chi connectivity index (χ3v) is 4.81. The van der Waals surface area contributed by atoms with Crippen LogP contribution in [0.3, 0.4) is 0 Å². The maximum absolute atomic E-state index is 6.52. The van der Waals surface area contributed by atoms with E-state index in [0.717, 1.165) is 27.4 Å². The molecule has 1 atom stereocenters. The van der Waals surface area contributed by atoms with Crippen LogP contribution >= 0.6 is 31.9 Å². The van der Waals surface area contributed by atoms with E-state index in [2.05, 4.69) is 70.0 Å². The highest BCUT2D eigenvalue weighted by Gasteiger charge is 2.15. The molecule has 0 radical (unpaired) electrons. The quantitative estimate of drug-likeness (QED) is 0.736. The Morgan fingerprint density at radius 1 is 0.950 bits per heavy atom. The van der Waals surface area contributed by atoms with Gasteiger partial charge in [0.25, 0.3) is 0 Å². The van der Waals surface area contributed by atoms with Crippen molar-refractivity contribution < 1.29 is 0 Å². The van der Waals surface area contributed by atoms with Gasteiger partial charge in [0.2, 0.25) is 0 Å². The first-order chi connectivity index (χ1) is 9.56. The van der Waals surface area contributed by atoms with Crippen LogP contribution in [0.1, 0.15) is 42.1 Å². The second-order valence-electron chi connectivity index (χ2n) is 4.88. The Morgan fingerprint density at radius 2 is 1.70 bits per heavy atom. The summed E-state index contributed by atoms with van der Waals surface area (Å²) in [6.45, 7) is 4.35. The summed E-state index contributed by atoms with van der Waals surface area (Å²) in [5.74, 6) is 0. The number of hydrogen-bond donors (Lipinski definition) is 1. The van der Waals surface area contributed by atoms with E-state index >= 15 is 0 Å². The number of hydrogen-bond acceptors (Lipinski definition) is 1. The lowest BCUT2D eigenvalue weighted by Crippen LogP contribution is -2.15. The van der Waals surface area contributed by atoms with Gasteiger partial charge in [0, 0.05) is 8.95 Å². The standard InChI is InChI=1S/C17H19Br2N/c1-3-11-5-6-12(4-2)15(9-11)17(20)14-8-7-13(18)10-16(14)19/h5-10,17H,3-4,20H2,1-2H3. The van der Waals surface area contributed by atoms with Crippen molar-refractivity contribution in [2.75, 3.05) is 0 Å². The Balaban J connectivity index is 2.48. The van der Waals surface area contributed by atoms with E-state index in [1.54, 1.807) is 0 Å². The van der Waals surface area contributed by atoms with Gasteiger partial charge in [-0.2, -0.15) is 0 Å². The summed E-state index contributed by atoms with van der Waals surface area (Å²) in [6.07, 6.45) is 2.03. The molecule has 0 aromatic heterocycles. The molecular weight excluding hydrogens is 378 g/mol. The Morgan fingerprint density at radius 3 is 2.30 bits per heavy atom. The highest BCUT2D eigenvalue weighted by molar-refractivity contribution is 9.11. The van der Waals surface area contributed by atoms with E-state index in [-0.39, 0.29) is 6.04 Å². The van der Waals surface area contributed by atoms with Gasteiger partial charge in [-0.25, -0.2) is 0 Å². The zero-order valence-electron chi connectivity index (χ0n) is 11.8. The van der Waals surface area contributed by atoms with Gasteiger partial charge in [0.05, 0.1) is 6.04 Å².